The molecule has 5 heteroatoms. The fourth-order valence-corrected chi connectivity index (χ4v) is 1.52. The van der Waals surface area contributed by atoms with E-state index in [0.29, 0.717) is 0 Å². The van der Waals surface area contributed by atoms with Crippen LogP contribution < -0.4 is 5.73 Å². The Morgan fingerprint density at radius 1 is 1.33 bits per heavy atom. The Balaban J connectivity index is 2.90. The first-order valence-corrected chi connectivity index (χ1v) is 5.82. The fraction of sp³-hybridized carbons (Fsp3) is 0.462. The number of rotatable bonds is 5. The van der Waals surface area contributed by atoms with Gasteiger partial charge in [-0.2, -0.15) is 8.78 Å². The monoisotopic (exact) mass is 257 g/mol. The highest BCUT2D eigenvalue weighted by Gasteiger charge is 2.47. The van der Waals surface area contributed by atoms with E-state index in [1.54, 1.807) is 12.1 Å². The Bertz CT molecular complexity index is 404. The van der Waals surface area contributed by atoms with Gasteiger partial charge in [-0.15, -0.1) is 0 Å². The van der Waals surface area contributed by atoms with E-state index in [2.05, 4.69) is 4.74 Å². The summed E-state index contributed by atoms with van der Waals surface area (Å²) in [6, 6.07) is 4.77. The lowest BCUT2D eigenvalue weighted by Crippen LogP contribution is -2.41. The summed E-state index contributed by atoms with van der Waals surface area (Å²) >= 11 is 0. The maximum Gasteiger partial charge on any atom is 0.379 e. The van der Waals surface area contributed by atoms with Crippen LogP contribution in [-0.2, 0) is 16.0 Å². The van der Waals surface area contributed by atoms with Crippen molar-refractivity contribution in [3.63, 3.8) is 0 Å². The molecule has 3 nitrogen and oxygen atoms in total. The lowest BCUT2D eigenvalue weighted by Gasteiger charge is -2.22. The summed E-state index contributed by atoms with van der Waals surface area (Å²) in [5, 5.41) is 0. The molecule has 0 unspecified atom stereocenters. The van der Waals surface area contributed by atoms with Crippen LogP contribution in [0.5, 0.6) is 0 Å². The SMILES string of the molecule is CCOC(=O)C(F)(F)[C@@H](N)c1ccc(CC)cc1. The van der Waals surface area contributed by atoms with Gasteiger partial charge in [0.2, 0.25) is 0 Å². The number of nitrogens with two attached hydrogens (primary N) is 1. The number of aryl methyl sites for hydroxylation is 1. The third kappa shape index (κ3) is 3.04. The van der Waals surface area contributed by atoms with Crippen LogP contribution in [0.1, 0.15) is 31.0 Å². The molecule has 0 aromatic heterocycles. The molecular weight excluding hydrogens is 240 g/mol. The number of esters is 1. The maximum absolute atomic E-state index is 13.7. The number of halogens is 2. The molecule has 0 radical (unpaired) electrons. The van der Waals surface area contributed by atoms with Crippen LogP contribution in [0.4, 0.5) is 8.78 Å². The van der Waals surface area contributed by atoms with Gasteiger partial charge in [0.1, 0.15) is 6.04 Å². The molecular formula is C13H17F2NO2. The zero-order chi connectivity index (χ0) is 13.8. The lowest BCUT2D eigenvalue weighted by atomic mass is 9.99. The zero-order valence-corrected chi connectivity index (χ0v) is 10.5. The molecule has 1 aromatic rings. The number of alkyl halides is 2. The van der Waals surface area contributed by atoms with Crippen LogP contribution in [0.15, 0.2) is 24.3 Å². The summed E-state index contributed by atoms with van der Waals surface area (Å²) in [6.07, 6.45) is 0.809. The highest BCUT2D eigenvalue weighted by Crippen LogP contribution is 2.30. The third-order valence-electron chi connectivity index (χ3n) is 2.69. The van der Waals surface area contributed by atoms with Gasteiger partial charge in [0.25, 0.3) is 0 Å². The Morgan fingerprint density at radius 2 is 1.89 bits per heavy atom. The maximum atomic E-state index is 13.7. The number of hydrogen-bond acceptors (Lipinski definition) is 3. The van der Waals surface area contributed by atoms with Crippen molar-refractivity contribution in [3.8, 4) is 0 Å². The summed E-state index contributed by atoms with van der Waals surface area (Å²) in [4.78, 5) is 11.2. The van der Waals surface area contributed by atoms with Crippen molar-refractivity contribution in [2.24, 2.45) is 5.73 Å². The van der Waals surface area contributed by atoms with Crippen LogP contribution in [-0.4, -0.2) is 18.5 Å². The molecule has 18 heavy (non-hydrogen) atoms. The summed E-state index contributed by atoms with van der Waals surface area (Å²) in [5.74, 6) is -5.30. The first-order chi connectivity index (χ1) is 8.43. The van der Waals surface area contributed by atoms with E-state index >= 15 is 0 Å². The molecule has 1 rings (SSSR count). The number of ether oxygens (including phenoxy) is 1. The second-order valence-electron chi connectivity index (χ2n) is 3.92. The minimum Gasteiger partial charge on any atom is -0.462 e. The van der Waals surface area contributed by atoms with Crippen molar-refractivity contribution in [2.75, 3.05) is 6.61 Å². The van der Waals surface area contributed by atoms with Crippen LogP contribution in [0.2, 0.25) is 0 Å². The number of carbonyl (C=O) groups excluding carboxylic acids is 1. The van der Waals surface area contributed by atoms with E-state index in [0.717, 1.165) is 12.0 Å². The Morgan fingerprint density at radius 3 is 2.33 bits per heavy atom. The van der Waals surface area contributed by atoms with Gasteiger partial charge < -0.3 is 10.5 Å². The topological polar surface area (TPSA) is 52.3 Å². The normalized spacial score (nSPS) is 13.2. The molecule has 0 aliphatic heterocycles. The van der Waals surface area contributed by atoms with Crippen molar-refractivity contribution in [1.82, 2.24) is 0 Å². The second kappa shape index (κ2) is 5.91. The first-order valence-electron chi connectivity index (χ1n) is 5.82. The van der Waals surface area contributed by atoms with Gasteiger partial charge in [-0.25, -0.2) is 4.79 Å². The average Bonchev–Trinajstić information content (AvgIpc) is 2.38. The van der Waals surface area contributed by atoms with E-state index < -0.39 is 17.9 Å². The third-order valence-corrected chi connectivity index (χ3v) is 2.69. The van der Waals surface area contributed by atoms with Gasteiger partial charge in [-0.05, 0) is 24.5 Å². The molecule has 0 saturated heterocycles. The van der Waals surface area contributed by atoms with Gasteiger partial charge in [0.05, 0.1) is 6.61 Å². The quantitative estimate of drug-likeness (QED) is 0.824. The smallest absolute Gasteiger partial charge is 0.379 e. The first kappa shape index (κ1) is 14.6. The molecule has 100 valence electrons. The minimum atomic E-state index is -3.72. The minimum absolute atomic E-state index is 0.101. The number of carbonyl (C=O) groups is 1. The zero-order valence-electron chi connectivity index (χ0n) is 10.5. The van der Waals surface area contributed by atoms with E-state index in [9.17, 15) is 13.6 Å². The predicted octanol–water partition coefficient (Wildman–Crippen LogP) is 2.45. The van der Waals surface area contributed by atoms with Gasteiger partial charge in [0.15, 0.2) is 0 Å². The summed E-state index contributed by atoms with van der Waals surface area (Å²) in [5.41, 5.74) is 6.68. The molecule has 0 spiro atoms. The molecule has 0 aliphatic carbocycles. The highest BCUT2D eigenvalue weighted by atomic mass is 19.3. The number of benzene rings is 1. The predicted molar refractivity (Wildman–Crippen MR) is 64.3 cm³/mol. The van der Waals surface area contributed by atoms with Crippen molar-refractivity contribution >= 4 is 5.97 Å². The highest BCUT2D eigenvalue weighted by molar-refractivity contribution is 5.78. The summed E-state index contributed by atoms with van der Waals surface area (Å²) < 4.78 is 31.7. The largest absolute Gasteiger partial charge is 0.462 e. The fourth-order valence-electron chi connectivity index (χ4n) is 1.52. The summed E-state index contributed by atoms with van der Waals surface area (Å²) in [7, 11) is 0. The Hall–Kier alpha value is -1.49. The Labute approximate surface area is 105 Å². The van der Waals surface area contributed by atoms with Crippen molar-refractivity contribution in [2.45, 2.75) is 32.2 Å². The van der Waals surface area contributed by atoms with Gasteiger partial charge in [-0.3, -0.25) is 0 Å². The van der Waals surface area contributed by atoms with Crippen molar-refractivity contribution < 1.29 is 18.3 Å². The van der Waals surface area contributed by atoms with Crippen molar-refractivity contribution in [3.05, 3.63) is 35.4 Å². The van der Waals surface area contributed by atoms with Crippen molar-refractivity contribution in [1.29, 1.82) is 0 Å². The van der Waals surface area contributed by atoms with Gasteiger partial charge >= 0.3 is 11.9 Å². The van der Waals surface area contributed by atoms with Crippen LogP contribution in [0, 0.1) is 0 Å². The van der Waals surface area contributed by atoms with E-state index in [4.69, 9.17) is 5.73 Å². The molecule has 1 aromatic carbocycles. The van der Waals surface area contributed by atoms with Gasteiger partial charge in [0, 0.05) is 0 Å². The standard InChI is InChI=1S/C13H17F2NO2/c1-3-9-5-7-10(8-6-9)11(16)13(14,15)12(17)18-4-2/h5-8,11H,3-4,16H2,1-2H3/t11-/m0/s1. The van der Waals surface area contributed by atoms with Gasteiger partial charge in [-0.1, -0.05) is 31.2 Å². The Kier molecular flexibility index (Phi) is 4.78. The molecule has 2 N–H and O–H groups in total. The molecule has 1 atom stereocenters. The van der Waals surface area contributed by atoms with Crippen LogP contribution in [0.3, 0.4) is 0 Å². The van der Waals surface area contributed by atoms with Crippen LogP contribution in [0.25, 0.3) is 0 Å². The van der Waals surface area contributed by atoms with E-state index in [1.807, 2.05) is 6.92 Å². The molecule has 0 fully saturated rings. The second-order valence-corrected chi connectivity index (χ2v) is 3.92. The molecule has 0 saturated carbocycles. The molecule has 0 heterocycles. The van der Waals surface area contributed by atoms with Crippen LogP contribution >= 0.6 is 0 Å². The molecule has 0 aliphatic rings. The summed E-state index contributed by atoms with van der Waals surface area (Å²) in [6.45, 7) is 3.33. The number of hydrogen-bond donors (Lipinski definition) is 1. The molecule has 0 bridgehead atoms. The van der Waals surface area contributed by atoms with E-state index in [-0.39, 0.29) is 12.2 Å². The molecule has 0 amide bonds. The van der Waals surface area contributed by atoms with E-state index in [1.165, 1.54) is 19.1 Å². The lowest BCUT2D eigenvalue weighted by molar-refractivity contribution is -0.174. The average molecular weight is 257 g/mol.